The Hall–Kier alpha value is -2.44. The van der Waals surface area contributed by atoms with Gasteiger partial charge in [0.25, 0.3) is 5.91 Å². The predicted molar refractivity (Wildman–Crippen MR) is 84.5 cm³/mol. The second-order valence-electron chi connectivity index (χ2n) is 6.52. The van der Waals surface area contributed by atoms with Gasteiger partial charge in [-0.25, -0.2) is 9.18 Å². The summed E-state index contributed by atoms with van der Waals surface area (Å²) in [5, 5.41) is 5.39. The van der Waals surface area contributed by atoms with E-state index < -0.39 is 11.6 Å². The summed E-state index contributed by atoms with van der Waals surface area (Å²) in [5.74, 6) is -0.857. The maximum absolute atomic E-state index is 12.8. The van der Waals surface area contributed by atoms with Crippen LogP contribution in [0.2, 0.25) is 0 Å². The van der Waals surface area contributed by atoms with E-state index in [-0.39, 0.29) is 30.1 Å². The van der Waals surface area contributed by atoms with E-state index in [2.05, 4.69) is 10.6 Å². The van der Waals surface area contributed by atoms with Gasteiger partial charge in [-0.1, -0.05) is 12.1 Å². The minimum atomic E-state index is -0.870. The number of rotatable bonds is 6. The van der Waals surface area contributed by atoms with Gasteiger partial charge < -0.3 is 10.6 Å². The standard InChI is InChI=1S/C17H20FN3O3/c1-17(12-4-5-12)15(23)21(16(24)20-17)10-14(22)19-9-8-11-2-6-13(18)7-3-11/h2-3,6-7,12H,4-5,8-10H2,1H3,(H,19,22)(H,20,24)/t17-/m0/s1. The normalized spacial score (nSPS) is 23.3. The molecule has 2 N–H and O–H groups in total. The number of nitrogens with zero attached hydrogens (tertiary/aromatic N) is 1. The monoisotopic (exact) mass is 333 g/mol. The highest BCUT2D eigenvalue weighted by molar-refractivity contribution is 6.09. The summed E-state index contributed by atoms with van der Waals surface area (Å²) in [4.78, 5) is 37.3. The Balaban J connectivity index is 1.49. The lowest BCUT2D eigenvalue weighted by Crippen LogP contribution is -2.47. The smallest absolute Gasteiger partial charge is 0.325 e. The first kappa shape index (κ1) is 16.4. The van der Waals surface area contributed by atoms with Gasteiger partial charge in [-0.15, -0.1) is 0 Å². The van der Waals surface area contributed by atoms with Gasteiger partial charge in [0.1, 0.15) is 17.9 Å². The molecule has 2 aliphatic rings. The van der Waals surface area contributed by atoms with Crippen LogP contribution in [-0.2, 0) is 16.0 Å². The van der Waals surface area contributed by atoms with Crippen LogP contribution in [0.4, 0.5) is 9.18 Å². The minimum Gasteiger partial charge on any atom is -0.354 e. The van der Waals surface area contributed by atoms with E-state index >= 15 is 0 Å². The molecule has 3 rings (SSSR count). The van der Waals surface area contributed by atoms with Crippen molar-refractivity contribution >= 4 is 17.8 Å². The van der Waals surface area contributed by atoms with Crippen LogP contribution in [0, 0.1) is 11.7 Å². The molecule has 1 aliphatic heterocycles. The predicted octanol–water partition coefficient (Wildman–Crippen LogP) is 1.20. The number of urea groups is 1. The van der Waals surface area contributed by atoms with Crippen molar-refractivity contribution in [1.29, 1.82) is 0 Å². The first-order valence-electron chi connectivity index (χ1n) is 8.05. The first-order chi connectivity index (χ1) is 11.4. The van der Waals surface area contributed by atoms with Gasteiger partial charge in [-0.05, 0) is 49.8 Å². The number of carbonyl (C=O) groups excluding carboxylic acids is 3. The maximum Gasteiger partial charge on any atom is 0.325 e. The van der Waals surface area contributed by atoms with Crippen LogP contribution in [0.1, 0.15) is 25.3 Å². The van der Waals surface area contributed by atoms with Gasteiger partial charge >= 0.3 is 6.03 Å². The summed E-state index contributed by atoms with van der Waals surface area (Å²) in [6.07, 6.45) is 2.38. The molecule has 1 aromatic rings. The lowest BCUT2D eigenvalue weighted by atomic mass is 9.96. The molecule has 2 fully saturated rings. The van der Waals surface area contributed by atoms with Gasteiger partial charge in [0.15, 0.2) is 0 Å². The highest BCUT2D eigenvalue weighted by atomic mass is 19.1. The zero-order chi connectivity index (χ0) is 17.3. The van der Waals surface area contributed by atoms with Crippen molar-refractivity contribution in [2.45, 2.75) is 31.7 Å². The van der Waals surface area contributed by atoms with Crippen molar-refractivity contribution in [3.63, 3.8) is 0 Å². The summed E-state index contributed by atoms with van der Waals surface area (Å²) in [7, 11) is 0. The van der Waals surface area contributed by atoms with Gasteiger partial charge in [-0.3, -0.25) is 14.5 Å². The van der Waals surface area contributed by atoms with Crippen LogP contribution in [0.15, 0.2) is 24.3 Å². The third-order valence-corrected chi connectivity index (χ3v) is 4.65. The van der Waals surface area contributed by atoms with E-state index in [0.717, 1.165) is 23.3 Å². The summed E-state index contributed by atoms with van der Waals surface area (Å²) < 4.78 is 12.8. The molecule has 1 heterocycles. The molecule has 7 heteroatoms. The lowest BCUT2D eigenvalue weighted by molar-refractivity contribution is -0.135. The molecule has 128 valence electrons. The third-order valence-electron chi connectivity index (χ3n) is 4.65. The van der Waals surface area contributed by atoms with Crippen molar-refractivity contribution in [1.82, 2.24) is 15.5 Å². The molecule has 1 atom stereocenters. The summed E-state index contributed by atoms with van der Waals surface area (Å²) >= 11 is 0. The molecule has 1 saturated carbocycles. The van der Waals surface area contributed by atoms with E-state index in [9.17, 15) is 18.8 Å². The highest BCUT2D eigenvalue weighted by Gasteiger charge is 2.56. The van der Waals surface area contributed by atoms with E-state index in [1.165, 1.54) is 12.1 Å². The fraction of sp³-hybridized carbons (Fsp3) is 0.471. The van der Waals surface area contributed by atoms with E-state index in [1.807, 2.05) is 0 Å². The highest BCUT2D eigenvalue weighted by Crippen LogP contribution is 2.42. The Kier molecular flexibility index (Phi) is 4.26. The van der Waals surface area contributed by atoms with Crippen molar-refractivity contribution in [3.8, 4) is 0 Å². The Morgan fingerprint density at radius 1 is 1.33 bits per heavy atom. The van der Waals surface area contributed by atoms with E-state index in [4.69, 9.17) is 0 Å². The van der Waals surface area contributed by atoms with Crippen molar-refractivity contribution in [2.24, 2.45) is 5.92 Å². The third kappa shape index (κ3) is 3.25. The van der Waals surface area contributed by atoms with Gasteiger partial charge in [-0.2, -0.15) is 0 Å². The summed E-state index contributed by atoms with van der Waals surface area (Å²) in [6.45, 7) is 1.79. The fourth-order valence-corrected chi connectivity index (χ4v) is 2.99. The van der Waals surface area contributed by atoms with Crippen molar-refractivity contribution in [2.75, 3.05) is 13.1 Å². The quantitative estimate of drug-likeness (QED) is 0.768. The molecule has 6 nitrogen and oxygen atoms in total. The van der Waals surface area contributed by atoms with E-state index in [0.29, 0.717) is 13.0 Å². The fourth-order valence-electron chi connectivity index (χ4n) is 2.99. The van der Waals surface area contributed by atoms with Crippen LogP contribution in [0.5, 0.6) is 0 Å². The van der Waals surface area contributed by atoms with Gasteiger partial charge in [0.05, 0.1) is 0 Å². The molecule has 1 saturated heterocycles. The Morgan fingerprint density at radius 3 is 2.62 bits per heavy atom. The molecule has 0 aromatic heterocycles. The zero-order valence-electron chi connectivity index (χ0n) is 13.5. The second-order valence-corrected chi connectivity index (χ2v) is 6.52. The Morgan fingerprint density at radius 2 is 2.00 bits per heavy atom. The second kappa shape index (κ2) is 6.22. The molecule has 0 radical (unpaired) electrons. The number of imide groups is 1. The Labute approximate surface area is 139 Å². The largest absolute Gasteiger partial charge is 0.354 e. The van der Waals surface area contributed by atoms with Crippen LogP contribution in [0.3, 0.4) is 0 Å². The number of hydrogen-bond donors (Lipinski definition) is 2. The van der Waals surface area contributed by atoms with Crippen LogP contribution in [-0.4, -0.2) is 41.4 Å². The van der Waals surface area contributed by atoms with Crippen molar-refractivity contribution in [3.05, 3.63) is 35.6 Å². The average Bonchev–Trinajstić information content (AvgIpc) is 3.36. The molecule has 1 aromatic carbocycles. The van der Waals surface area contributed by atoms with Crippen LogP contribution >= 0.6 is 0 Å². The number of nitrogens with one attached hydrogen (secondary N) is 2. The summed E-state index contributed by atoms with van der Waals surface area (Å²) in [5.41, 5.74) is 0.0267. The van der Waals surface area contributed by atoms with E-state index in [1.54, 1.807) is 19.1 Å². The van der Waals surface area contributed by atoms with Crippen molar-refractivity contribution < 1.29 is 18.8 Å². The molecule has 24 heavy (non-hydrogen) atoms. The number of amides is 4. The van der Waals surface area contributed by atoms with Gasteiger partial charge in [0.2, 0.25) is 5.91 Å². The average molecular weight is 333 g/mol. The molecule has 4 amide bonds. The number of carbonyl (C=O) groups is 3. The number of halogens is 1. The summed E-state index contributed by atoms with van der Waals surface area (Å²) in [6, 6.07) is 5.52. The maximum atomic E-state index is 12.8. The molecule has 1 aliphatic carbocycles. The molecule has 0 unspecified atom stereocenters. The lowest BCUT2D eigenvalue weighted by Gasteiger charge is -2.20. The zero-order valence-corrected chi connectivity index (χ0v) is 13.5. The molecule has 0 bridgehead atoms. The van der Waals surface area contributed by atoms with Crippen LogP contribution in [0.25, 0.3) is 0 Å². The minimum absolute atomic E-state index is 0.167. The Bertz CT molecular complexity index is 672. The topological polar surface area (TPSA) is 78.5 Å². The molecular formula is C17H20FN3O3. The molecule has 0 spiro atoms. The number of hydrogen-bond acceptors (Lipinski definition) is 3. The molecular weight excluding hydrogens is 313 g/mol. The first-order valence-corrected chi connectivity index (χ1v) is 8.05. The van der Waals surface area contributed by atoms with Crippen LogP contribution < -0.4 is 10.6 Å². The SMILES string of the molecule is C[C@@]1(C2CC2)NC(=O)N(CC(=O)NCCc2ccc(F)cc2)C1=O. The number of benzene rings is 1. The van der Waals surface area contributed by atoms with Gasteiger partial charge in [0, 0.05) is 6.54 Å².